The quantitative estimate of drug-likeness (QED) is 0.455. The van der Waals surface area contributed by atoms with Gasteiger partial charge in [0, 0.05) is 13.0 Å². The number of hydrogen-bond acceptors (Lipinski definition) is 4. The minimum absolute atomic E-state index is 0.196. The van der Waals surface area contributed by atoms with E-state index in [1.54, 1.807) is 6.92 Å². The van der Waals surface area contributed by atoms with Gasteiger partial charge in [-0.25, -0.2) is 0 Å². The van der Waals surface area contributed by atoms with E-state index >= 15 is 0 Å². The Morgan fingerprint density at radius 2 is 1.50 bits per heavy atom. The van der Waals surface area contributed by atoms with Crippen molar-refractivity contribution in [1.29, 1.82) is 0 Å². The van der Waals surface area contributed by atoms with Crippen LogP contribution in [0.4, 0.5) is 0 Å². The second kappa shape index (κ2) is 8.89. The summed E-state index contributed by atoms with van der Waals surface area (Å²) in [7, 11) is 0. The lowest BCUT2D eigenvalue weighted by Gasteiger charge is -2.17. The molecule has 0 saturated carbocycles. The van der Waals surface area contributed by atoms with Gasteiger partial charge in [0.1, 0.15) is 12.1 Å². The molecule has 0 bridgehead atoms. The smallest absolute Gasteiger partial charge is 0.303 e. The standard InChI is InChI=1S/C12H21N3O5/c1-4-13-11(19)7(2)15-12(20)8(3)14-9(16)5-6-10(17)18/h7-8H,4-6H2,1-3H3,(H,13,19)(H,14,16)(H,15,20)(H,17,18)/t7-,8-/m0/s1. The summed E-state index contributed by atoms with van der Waals surface area (Å²) in [4.78, 5) is 44.8. The summed E-state index contributed by atoms with van der Waals surface area (Å²) >= 11 is 0. The highest BCUT2D eigenvalue weighted by Gasteiger charge is 2.20. The number of carbonyl (C=O) groups excluding carboxylic acids is 3. The molecule has 0 aromatic rings. The largest absolute Gasteiger partial charge is 0.481 e. The van der Waals surface area contributed by atoms with Gasteiger partial charge in [-0.05, 0) is 20.8 Å². The van der Waals surface area contributed by atoms with Gasteiger partial charge in [-0.3, -0.25) is 19.2 Å². The van der Waals surface area contributed by atoms with Crippen molar-refractivity contribution in [3.8, 4) is 0 Å². The Morgan fingerprint density at radius 3 is 2.00 bits per heavy atom. The minimum Gasteiger partial charge on any atom is -0.481 e. The number of amides is 3. The van der Waals surface area contributed by atoms with Gasteiger partial charge in [-0.2, -0.15) is 0 Å². The van der Waals surface area contributed by atoms with Crippen molar-refractivity contribution in [1.82, 2.24) is 16.0 Å². The van der Waals surface area contributed by atoms with Crippen LogP contribution in [0.25, 0.3) is 0 Å². The molecule has 0 saturated heterocycles. The van der Waals surface area contributed by atoms with E-state index < -0.39 is 29.9 Å². The second-order valence-electron chi connectivity index (χ2n) is 4.31. The zero-order chi connectivity index (χ0) is 15.7. The molecule has 0 spiro atoms. The van der Waals surface area contributed by atoms with Crippen LogP contribution in [-0.2, 0) is 19.2 Å². The van der Waals surface area contributed by atoms with E-state index in [0.29, 0.717) is 6.54 Å². The molecule has 0 unspecified atom stereocenters. The molecular weight excluding hydrogens is 266 g/mol. The van der Waals surface area contributed by atoms with Crippen LogP contribution in [0.15, 0.2) is 0 Å². The normalized spacial score (nSPS) is 12.9. The SMILES string of the molecule is CCNC(=O)[C@H](C)NC(=O)[C@H](C)NC(=O)CCC(=O)O. The highest BCUT2D eigenvalue weighted by atomic mass is 16.4. The van der Waals surface area contributed by atoms with E-state index in [1.807, 2.05) is 0 Å². The summed E-state index contributed by atoms with van der Waals surface area (Å²) in [5, 5.41) is 15.8. The van der Waals surface area contributed by atoms with Crippen molar-refractivity contribution in [2.45, 2.75) is 45.7 Å². The predicted molar refractivity (Wildman–Crippen MR) is 70.8 cm³/mol. The Morgan fingerprint density at radius 1 is 0.950 bits per heavy atom. The van der Waals surface area contributed by atoms with Crippen LogP contribution >= 0.6 is 0 Å². The molecule has 0 aromatic carbocycles. The van der Waals surface area contributed by atoms with E-state index in [-0.39, 0.29) is 18.7 Å². The van der Waals surface area contributed by atoms with Crippen molar-refractivity contribution in [2.24, 2.45) is 0 Å². The Bertz CT molecular complexity index is 383. The summed E-state index contributed by atoms with van der Waals surface area (Å²) in [5.74, 6) is -2.43. The molecule has 8 heteroatoms. The first kappa shape index (κ1) is 17.9. The molecule has 8 nitrogen and oxygen atoms in total. The fourth-order valence-electron chi connectivity index (χ4n) is 1.33. The van der Waals surface area contributed by atoms with Crippen LogP contribution in [0.3, 0.4) is 0 Å². The lowest BCUT2D eigenvalue weighted by atomic mass is 10.2. The molecule has 20 heavy (non-hydrogen) atoms. The van der Waals surface area contributed by atoms with Crippen molar-refractivity contribution in [3.63, 3.8) is 0 Å². The molecule has 0 aromatic heterocycles. The maximum Gasteiger partial charge on any atom is 0.303 e. The fourth-order valence-corrected chi connectivity index (χ4v) is 1.33. The summed E-state index contributed by atoms with van der Waals surface area (Å²) in [6.45, 7) is 5.21. The van der Waals surface area contributed by atoms with E-state index in [0.717, 1.165) is 0 Å². The molecule has 2 atom stereocenters. The molecule has 0 rings (SSSR count). The maximum atomic E-state index is 11.7. The van der Waals surface area contributed by atoms with Gasteiger partial charge in [0.05, 0.1) is 6.42 Å². The number of carboxylic acid groups (broad SMARTS) is 1. The summed E-state index contributed by atoms with van der Waals surface area (Å²) < 4.78 is 0. The average Bonchev–Trinajstić information content (AvgIpc) is 2.36. The molecule has 0 aliphatic carbocycles. The Hall–Kier alpha value is -2.12. The van der Waals surface area contributed by atoms with Gasteiger partial charge >= 0.3 is 5.97 Å². The summed E-state index contributed by atoms with van der Waals surface area (Å²) in [6, 6.07) is -1.55. The van der Waals surface area contributed by atoms with Gasteiger partial charge in [-0.15, -0.1) is 0 Å². The summed E-state index contributed by atoms with van der Waals surface area (Å²) in [5.41, 5.74) is 0. The minimum atomic E-state index is -1.08. The van der Waals surface area contributed by atoms with E-state index in [2.05, 4.69) is 16.0 Å². The van der Waals surface area contributed by atoms with Crippen LogP contribution in [0.1, 0.15) is 33.6 Å². The predicted octanol–water partition coefficient (Wildman–Crippen LogP) is -1.00. The Kier molecular flexibility index (Phi) is 7.95. The first-order chi connectivity index (χ1) is 9.27. The third kappa shape index (κ3) is 7.34. The zero-order valence-electron chi connectivity index (χ0n) is 11.9. The molecule has 0 heterocycles. The zero-order valence-corrected chi connectivity index (χ0v) is 11.9. The molecule has 0 fully saturated rings. The van der Waals surface area contributed by atoms with Crippen molar-refractivity contribution < 1.29 is 24.3 Å². The lowest BCUT2D eigenvalue weighted by Crippen LogP contribution is -2.51. The highest BCUT2D eigenvalue weighted by Crippen LogP contribution is 1.92. The summed E-state index contributed by atoms with van der Waals surface area (Å²) in [6.07, 6.45) is -0.492. The van der Waals surface area contributed by atoms with E-state index in [1.165, 1.54) is 13.8 Å². The molecule has 114 valence electrons. The van der Waals surface area contributed by atoms with Gasteiger partial charge in [0.2, 0.25) is 17.7 Å². The monoisotopic (exact) mass is 287 g/mol. The lowest BCUT2D eigenvalue weighted by molar-refractivity contribution is -0.139. The highest BCUT2D eigenvalue weighted by molar-refractivity contribution is 5.92. The van der Waals surface area contributed by atoms with Crippen molar-refractivity contribution >= 4 is 23.7 Å². The number of hydrogen-bond donors (Lipinski definition) is 4. The molecule has 4 N–H and O–H groups in total. The number of rotatable bonds is 8. The number of carboxylic acids is 1. The molecule has 3 amide bonds. The number of nitrogens with one attached hydrogen (secondary N) is 3. The first-order valence-corrected chi connectivity index (χ1v) is 6.37. The van der Waals surface area contributed by atoms with Crippen LogP contribution in [0, 0.1) is 0 Å². The van der Waals surface area contributed by atoms with Gasteiger partial charge in [-0.1, -0.05) is 0 Å². The van der Waals surface area contributed by atoms with Crippen LogP contribution < -0.4 is 16.0 Å². The van der Waals surface area contributed by atoms with Crippen LogP contribution in [0.5, 0.6) is 0 Å². The van der Waals surface area contributed by atoms with E-state index in [4.69, 9.17) is 5.11 Å². The van der Waals surface area contributed by atoms with E-state index in [9.17, 15) is 19.2 Å². The third-order valence-electron chi connectivity index (χ3n) is 2.44. The molecule has 0 radical (unpaired) electrons. The topological polar surface area (TPSA) is 125 Å². The number of aliphatic carboxylic acids is 1. The van der Waals surface area contributed by atoms with Crippen molar-refractivity contribution in [2.75, 3.05) is 6.54 Å². The average molecular weight is 287 g/mol. The molecule has 0 aliphatic heterocycles. The Balaban J connectivity index is 4.17. The molecular formula is C12H21N3O5. The van der Waals surface area contributed by atoms with Crippen LogP contribution in [-0.4, -0.2) is 47.4 Å². The van der Waals surface area contributed by atoms with Crippen molar-refractivity contribution in [3.05, 3.63) is 0 Å². The fraction of sp³-hybridized carbons (Fsp3) is 0.667. The molecule has 0 aliphatic rings. The first-order valence-electron chi connectivity index (χ1n) is 6.37. The van der Waals surface area contributed by atoms with Crippen LogP contribution in [0.2, 0.25) is 0 Å². The number of carbonyl (C=O) groups is 4. The maximum absolute atomic E-state index is 11.7. The number of likely N-dealkylation sites (N-methyl/N-ethyl adjacent to an activating group) is 1. The Labute approximate surface area is 117 Å². The van der Waals surface area contributed by atoms with Gasteiger partial charge in [0.25, 0.3) is 0 Å². The van der Waals surface area contributed by atoms with Gasteiger partial charge in [0.15, 0.2) is 0 Å². The third-order valence-corrected chi connectivity index (χ3v) is 2.44. The second-order valence-corrected chi connectivity index (χ2v) is 4.31. The van der Waals surface area contributed by atoms with Gasteiger partial charge < -0.3 is 21.1 Å².